The fourth-order valence-corrected chi connectivity index (χ4v) is 5.09. The fraction of sp³-hybridized carbons (Fsp3) is 0.391. The predicted molar refractivity (Wildman–Crippen MR) is 120 cm³/mol. The summed E-state index contributed by atoms with van der Waals surface area (Å²) in [6.45, 7) is 8.16. The molecule has 0 aliphatic carbocycles. The molecule has 1 N–H and O–H groups in total. The number of piperidine rings is 1. The minimum absolute atomic E-state index is 0.0321. The lowest BCUT2D eigenvalue weighted by Crippen LogP contribution is -2.33. The van der Waals surface area contributed by atoms with E-state index in [0.29, 0.717) is 17.8 Å². The summed E-state index contributed by atoms with van der Waals surface area (Å²) in [6, 6.07) is 13.5. The van der Waals surface area contributed by atoms with Crippen LogP contribution in [0.5, 0.6) is 0 Å². The lowest BCUT2D eigenvalue weighted by atomic mass is 9.99. The lowest BCUT2D eigenvalue weighted by Gasteiger charge is -2.30. The summed E-state index contributed by atoms with van der Waals surface area (Å²) >= 11 is 1.21. The van der Waals surface area contributed by atoms with Gasteiger partial charge in [-0.25, -0.2) is 0 Å². The van der Waals surface area contributed by atoms with Crippen LogP contribution in [0.1, 0.15) is 42.6 Å². The van der Waals surface area contributed by atoms with E-state index in [1.807, 2.05) is 49.4 Å². The van der Waals surface area contributed by atoms with Crippen LogP contribution in [0.3, 0.4) is 0 Å². The molecule has 4 rings (SSSR count). The van der Waals surface area contributed by atoms with Gasteiger partial charge in [-0.3, -0.25) is 19.1 Å². The number of carbonyl (C=O) groups is 1. The number of aryl methyl sites for hydroxylation is 1. The molecular formula is C23H27N3O2S. The highest BCUT2D eigenvalue weighted by atomic mass is 32.1. The molecule has 1 saturated heterocycles. The number of benzene rings is 2. The molecule has 1 aromatic heterocycles. The third kappa shape index (κ3) is 4.43. The first-order valence-electron chi connectivity index (χ1n) is 10.3. The van der Waals surface area contributed by atoms with Crippen molar-refractivity contribution in [3.05, 3.63) is 63.3 Å². The van der Waals surface area contributed by atoms with Gasteiger partial charge < -0.3 is 5.32 Å². The predicted octanol–water partition coefficient (Wildman–Crippen LogP) is 4.57. The summed E-state index contributed by atoms with van der Waals surface area (Å²) < 4.78 is 2.63. The molecule has 0 radical (unpaired) electrons. The van der Waals surface area contributed by atoms with Crippen LogP contribution in [0.4, 0.5) is 5.69 Å². The van der Waals surface area contributed by atoms with Gasteiger partial charge in [0.15, 0.2) is 0 Å². The summed E-state index contributed by atoms with van der Waals surface area (Å²) in [5, 5.41) is 2.95. The number of thiazole rings is 1. The van der Waals surface area contributed by atoms with Crippen LogP contribution in [-0.2, 0) is 13.1 Å². The van der Waals surface area contributed by atoms with Gasteiger partial charge in [-0.1, -0.05) is 30.4 Å². The molecule has 1 atom stereocenters. The Labute approximate surface area is 175 Å². The van der Waals surface area contributed by atoms with Gasteiger partial charge in [0.1, 0.15) is 0 Å². The SMILES string of the molecule is CCn1c(=O)sc2cc(NC(=O)c3ccc(CN4CCC[C@@H](C)C4)cc3)ccc21. The Morgan fingerprint density at radius 1 is 1.21 bits per heavy atom. The highest BCUT2D eigenvalue weighted by Gasteiger charge is 2.16. The summed E-state index contributed by atoms with van der Waals surface area (Å²) in [6.07, 6.45) is 2.59. The van der Waals surface area contributed by atoms with Crippen molar-refractivity contribution in [3.63, 3.8) is 0 Å². The Morgan fingerprint density at radius 2 is 2.00 bits per heavy atom. The second kappa shape index (κ2) is 8.51. The Kier molecular flexibility index (Phi) is 5.83. The number of carbonyl (C=O) groups excluding carboxylic acids is 1. The highest BCUT2D eigenvalue weighted by Crippen LogP contribution is 2.23. The van der Waals surface area contributed by atoms with Crippen molar-refractivity contribution in [2.24, 2.45) is 5.92 Å². The first-order valence-corrected chi connectivity index (χ1v) is 11.1. The molecule has 3 aromatic rings. The third-order valence-electron chi connectivity index (χ3n) is 5.61. The highest BCUT2D eigenvalue weighted by molar-refractivity contribution is 7.16. The molecule has 29 heavy (non-hydrogen) atoms. The topological polar surface area (TPSA) is 54.3 Å². The monoisotopic (exact) mass is 409 g/mol. The first kappa shape index (κ1) is 19.9. The number of rotatable bonds is 5. The molecule has 2 aromatic carbocycles. The van der Waals surface area contributed by atoms with E-state index in [1.165, 1.54) is 29.7 Å². The molecule has 1 amide bonds. The zero-order valence-electron chi connectivity index (χ0n) is 17.0. The van der Waals surface area contributed by atoms with Crippen LogP contribution in [0.2, 0.25) is 0 Å². The Balaban J connectivity index is 1.43. The van der Waals surface area contributed by atoms with E-state index in [0.717, 1.165) is 35.8 Å². The second-order valence-corrected chi connectivity index (χ2v) is 8.92. The van der Waals surface area contributed by atoms with Gasteiger partial charge in [-0.15, -0.1) is 0 Å². The van der Waals surface area contributed by atoms with Crippen molar-refractivity contribution in [3.8, 4) is 0 Å². The van der Waals surface area contributed by atoms with Crippen molar-refractivity contribution in [1.82, 2.24) is 9.47 Å². The molecule has 1 aliphatic rings. The van der Waals surface area contributed by atoms with Crippen LogP contribution in [-0.4, -0.2) is 28.5 Å². The van der Waals surface area contributed by atoms with Gasteiger partial charge in [0.25, 0.3) is 5.91 Å². The molecule has 152 valence electrons. The van der Waals surface area contributed by atoms with Gasteiger partial charge in [0, 0.05) is 30.9 Å². The number of nitrogens with one attached hydrogen (secondary N) is 1. The Morgan fingerprint density at radius 3 is 2.72 bits per heavy atom. The largest absolute Gasteiger partial charge is 0.322 e. The summed E-state index contributed by atoms with van der Waals surface area (Å²) in [4.78, 5) is 27.2. The van der Waals surface area contributed by atoms with Gasteiger partial charge in [0.05, 0.1) is 10.2 Å². The average Bonchev–Trinajstić information content (AvgIpc) is 3.02. The molecule has 2 heterocycles. The van der Waals surface area contributed by atoms with Crippen molar-refractivity contribution >= 4 is 33.1 Å². The van der Waals surface area contributed by atoms with Crippen molar-refractivity contribution in [1.29, 1.82) is 0 Å². The number of hydrogen-bond acceptors (Lipinski definition) is 4. The lowest BCUT2D eigenvalue weighted by molar-refractivity contribution is 0.102. The van der Waals surface area contributed by atoms with Crippen molar-refractivity contribution in [2.45, 2.75) is 39.8 Å². The van der Waals surface area contributed by atoms with Crippen molar-refractivity contribution in [2.75, 3.05) is 18.4 Å². The van der Waals surface area contributed by atoms with Crippen LogP contribution < -0.4 is 10.2 Å². The molecule has 1 fully saturated rings. The summed E-state index contributed by atoms with van der Waals surface area (Å²) in [7, 11) is 0. The van der Waals surface area contributed by atoms with Gasteiger partial charge >= 0.3 is 4.87 Å². The quantitative estimate of drug-likeness (QED) is 0.672. The summed E-state index contributed by atoms with van der Waals surface area (Å²) in [5.41, 5.74) is 3.50. The van der Waals surface area contributed by atoms with Gasteiger partial charge in [-0.05, 0) is 68.1 Å². The molecule has 0 saturated carbocycles. The number of hydrogen-bond donors (Lipinski definition) is 1. The first-order chi connectivity index (χ1) is 14.0. The van der Waals surface area contributed by atoms with Crippen LogP contribution >= 0.6 is 11.3 Å². The number of nitrogens with zero attached hydrogens (tertiary/aromatic N) is 2. The number of likely N-dealkylation sites (tertiary alicyclic amines) is 1. The molecule has 0 spiro atoms. The standard InChI is InChI=1S/C23H27N3O2S/c1-3-26-20-11-10-19(13-21(20)29-23(26)28)24-22(27)18-8-6-17(7-9-18)15-25-12-4-5-16(2)14-25/h6-11,13,16H,3-5,12,14-15H2,1-2H3,(H,24,27)/t16-/m1/s1. The maximum atomic E-state index is 12.6. The van der Waals surface area contributed by atoms with Gasteiger partial charge in [0.2, 0.25) is 0 Å². The maximum Gasteiger partial charge on any atom is 0.308 e. The number of aromatic nitrogens is 1. The van der Waals surface area contributed by atoms with Gasteiger partial charge in [-0.2, -0.15) is 0 Å². The van der Waals surface area contributed by atoms with Crippen molar-refractivity contribution < 1.29 is 4.79 Å². The zero-order chi connectivity index (χ0) is 20.4. The summed E-state index contributed by atoms with van der Waals surface area (Å²) in [5.74, 6) is 0.628. The van der Waals surface area contributed by atoms with Crippen LogP contribution in [0.15, 0.2) is 47.3 Å². The van der Waals surface area contributed by atoms with E-state index in [4.69, 9.17) is 0 Å². The maximum absolute atomic E-state index is 12.6. The Bertz CT molecular complexity index is 1070. The molecule has 6 heteroatoms. The van der Waals surface area contributed by atoms with E-state index >= 15 is 0 Å². The molecule has 5 nitrogen and oxygen atoms in total. The smallest absolute Gasteiger partial charge is 0.308 e. The van der Waals surface area contributed by atoms with E-state index in [9.17, 15) is 9.59 Å². The van der Waals surface area contributed by atoms with Crippen LogP contribution in [0, 0.1) is 5.92 Å². The third-order valence-corrected chi connectivity index (χ3v) is 6.55. The molecule has 0 bridgehead atoms. The zero-order valence-corrected chi connectivity index (χ0v) is 17.8. The molecule has 1 aliphatic heterocycles. The number of fused-ring (bicyclic) bond motifs is 1. The number of amides is 1. The van der Waals surface area contributed by atoms with E-state index in [2.05, 4.69) is 17.1 Å². The van der Waals surface area contributed by atoms with Crippen LogP contribution in [0.25, 0.3) is 10.2 Å². The molecule has 0 unspecified atom stereocenters. The second-order valence-electron chi connectivity index (χ2n) is 7.93. The minimum atomic E-state index is -0.134. The normalized spacial score (nSPS) is 17.5. The molecular weight excluding hydrogens is 382 g/mol. The van der Waals surface area contributed by atoms with E-state index in [1.54, 1.807) is 4.57 Å². The van der Waals surface area contributed by atoms with E-state index in [-0.39, 0.29) is 10.8 Å². The fourth-order valence-electron chi connectivity index (χ4n) is 4.10. The average molecular weight is 410 g/mol. The Hall–Kier alpha value is -2.44. The minimum Gasteiger partial charge on any atom is -0.322 e. The number of anilines is 1. The van der Waals surface area contributed by atoms with E-state index < -0.39 is 0 Å².